The maximum absolute atomic E-state index is 12.5. The molecular formula is C44H96O13Si4. The van der Waals surface area contributed by atoms with Crippen molar-refractivity contribution in [3.63, 3.8) is 0 Å². The maximum atomic E-state index is 12.5. The molecule has 0 amide bonds. The van der Waals surface area contributed by atoms with Crippen molar-refractivity contribution in [1.29, 1.82) is 0 Å². The molecule has 0 aromatic carbocycles. The molecule has 0 bridgehead atoms. The first kappa shape index (κ1) is 60.9. The third-order valence-corrected chi connectivity index (χ3v) is 21.6. The number of carbonyl (C=O) groups excluding carboxylic acids is 1. The van der Waals surface area contributed by atoms with Crippen molar-refractivity contribution in [3.8, 4) is 0 Å². The number of ether oxygens (including phenoxy) is 8. The Kier molecular flexibility index (Phi) is 38.0. The summed E-state index contributed by atoms with van der Waals surface area (Å²) in [5.41, 5.74) is 0. The second kappa shape index (κ2) is 38.0. The molecule has 3 atom stereocenters. The first-order chi connectivity index (χ1) is 28.9. The lowest BCUT2D eigenvalue weighted by molar-refractivity contribution is -0.156. The molecule has 0 spiro atoms. The number of hydrogen-bond donors (Lipinski definition) is 0. The van der Waals surface area contributed by atoms with Crippen LogP contribution in [0.1, 0.15) is 111 Å². The molecule has 0 saturated heterocycles. The van der Waals surface area contributed by atoms with Gasteiger partial charge in [-0.2, -0.15) is 0 Å². The average molecular weight is 946 g/mol. The third kappa shape index (κ3) is 43.6. The van der Waals surface area contributed by atoms with E-state index in [0.717, 1.165) is 12.8 Å². The van der Waals surface area contributed by atoms with Gasteiger partial charge in [0, 0.05) is 6.55 Å². The Labute approximate surface area is 378 Å². The van der Waals surface area contributed by atoms with Gasteiger partial charge in [0.15, 0.2) is 16.6 Å². The Balaban J connectivity index is 3.60. The SMILES string of the molecule is CCCCCCCCCCCCCCCC(C)C(=O)OC(C)COCCOCCOCCOCCOCCOCCOCCO[Si](C)(O[Si](C)(C)C)O[Si](C)(C)O[Si](C)(C)C. The Morgan fingerprint density at radius 2 is 0.770 bits per heavy atom. The molecule has 0 radical (unpaired) electrons. The number of carbonyl (C=O) groups is 1. The molecular weight excluding hydrogens is 849 g/mol. The van der Waals surface area contributed by atoms with E-state index in [9.17, 15) is 4.79 Å². The van der Waals surface area contributed by atoms with Crippen LogP contribution in [-0.2, 0) is 59.5 Å². The molecule has 0 fully saturated rings. The van der Waals surface area contributed by atoms with Crippen molar-refractivity contribution in [2.75, 3.05) is 99.1 Å². The van der Waals surface area contributed by atoms with Gasteiger partial charge in [0.05, 0.1) is 105 Å². The first-order valence-corrected chi connectivity index (χ1v) is 35.7. The van der Waals surface area contributed by atoms with E-state index in [2.05, 4.69) is 59.3 Å². The summed E-state index contributed by atoms with van der Waals surface area (Å²) >= 11 is 0. The summed E-state index contributed by atoms with van der Waals surface area (Å²) in [4.78, 5) is 12.5. The lowest BCUT2D eigenvalue weighted by Gasteiger charge is -2.40. The van der Waals surface area contributed by atoms with Gasteiger partial charge in [0.25, 0.3) is 0 Å². The Bertz CT molecular complexity index is 1000. The molecule has 0 aliphatic rings. The van der Waals surface area contributed by atoms with E-state index >= 15 is 0 Å². The largest absolute Gasteiger partial charge is 0.478 e. The molecule has 0 aliphatic carbocycles. The molecule has 3 unspecified atom stereocenters. The molecule has 0 aromatic rings. The van der Waals surface area contributed by atoms with Crippen LogP contribution in [0, 0.1) is 5.92 Å². The summed E-state index contributed by atoms with van der Waals surface area (Å²) in [6.07, 6.45) is 17.9. The van der Waals surface area contributed by atoms with Crippen molar-refractivity contribution >= 4 is 40.0 Å². The highest BCUT2D eigenvalue weighted by molar-refractivity contribution is 6.87. The number of unbranched alkanes of at least 4 members (excludes halogenated alkanes) is 12. The van der Waals surface area contributed by atoms with Crippen molar-refractivity contribution in [2.24, 2.45) is 5.92 Å². The normalized spacial score (nSPS) is 14.6. The van der Waals surface area contributed by atoms with Gasteiger partial charge in [-0.15, -0.1) is 0 Å². The van der Waals surface area contributed by atoms with Crippen LogP contribution >= 0.6 is 0 Å². The van der Waals surface area contributed by atoms with Crippen LogP contribution in [0.5, 0.6) is 0 Å². The summed E-state index contributed by atoms with van der Waals surface area (Å²) in [6.45, 7) is 32.1. The topological polar surface area (TPSA) is 128 Å². The van der Waals surface area contributed by atoms with E-state index in [-0.39, 0.29) is 18.0 Å². The van der Waals surface area contributed by atoms with Gasteiger partial charge in [0.1, 0.15) is 6.10 Å². The number of hydrogen-bond acceptors (Lipinski definition) is 13. The zero-order valence-corrected chi connectivity index (χ0v) is 45.5. The molecule has 0 aliphatic heterocycles. The van der Waals surface area contributed by atoms with Crippen molar-refractivity contribution in [2.45, 2.75) is 176 Å². The summed E-state index contributed by atoms with van der Waals surface area (Å²) in [6, 6.07) is 0. The minimum Gasteiger partial charge on any atom is -0.460 e. The summed E-state index contributed by atoms with van der Waals surface area (Å²) in [5, 5.41) is 0. The van der Waals surface area contributed by atoms with Crippen LogP contribution in [0.2, 0.25) is 58.9 Å². The lowest BCUT2D eigenvalue weighted by Crippen LogP contribution is -2.58. The van der Waals surface area contributed by atoms with Crippen LogP contribution in [0.15, 0.2) is 0 Å². The van der Waals surface area contributed by atoms with Gasteiger partial charge in [-0.05, 0) is 65.7 Å². The Hall–Kier alpha value is -0.102. The number of rotatable bonds is 46. The maximum Gasteiger partial charge on any atom is 0.478 e. The van der Waals surface area contributed by atoms with E-state index < -0.39 is 34.0 Å². The van der Waals surface area contributed by atoms with Crippen LogP contribution in [0.4, 0.5) is 0 Å². The van der Waals surface area contributed by atoms with Gasteiger partial charge in [-0.25, -0.2) is 0 Å². The third-order valence-electron chi connectivity index (χ3n) is 9.11. The fourth-order valence-electron chi connectivity index (χ4n) is 6.63. The predicted octanol–water partition coefficient (Wildman–Crippen LogP) is 10.2. The van der Waals surface area contributed by atoms with Crippen LogP contribution in [-0.4, -0.2) is 145 Å². The quantitative estimate of drug-likeness (QED) is 0.0327. The second-order valence-electron chi connectivity index (χ2n) is 18.6. The predicted molar refractivity (Wildman–Crippen MR) is 256 cm³/mol. The minimum absolute atomic E-state index is 0.0745. The summed E-state index contributed by atoms with van der Waals surface area (Å²) in [5.74, 6) is -0.203. The molecule has 0 rings (SSSR count). The van der Waals surface area contributed by atoms with E-state index in [1.54, 1.807) is 0 Å². The monoisotopic (exact) mass is 945 g/mol. The highest BCUT2D eigenvalue weighted by Gasteiger charge is 2.46. The molecule has 61 heavy (non-hydrogen) atoms. The smallest absolute Gasteiger partial charge is 0.460 e. The Morgan fingerprint density at radius 1 is 0.426 bits per heavy atom. The first-order valence-electron chi connectivity index (χ1n) is 23.9. The zero-order valence-electron chi connectivity index (χ0n) is 41.5. The van der Waals surface area contributed by atoms with Gasteiger partial charge >= 0.3 is 23.3 Å². The van der Waals surface area contributed by atoms with Gasteiger partial charge in [-0.1, -0.05) is 97.3 Å². The van der Waals surface area contributed by atoms with E-state index in [1.165, 1.54) is 77.0 Å². The highest BCUT2D eigenvalue weighted by Crippen LogP contribution is 2.25. The summed E-state index contributed by atoms with van der Waals surface area (Å²) in [7, 11) is -8.97. The van der Waals surface area contributed by atoms with Gasteiger partial charge in [0.2, 0.25) is 0 Å². The fourth-order valence-corrected chi connectivity index (χ4v) is 22.6. The lowest BCUT2D eigenvalue weighted by atomic mass is 10.0. The molecule has 0 heterocycles. The van der Waals surface area contributed by atoms with Crippen molar-refractivity contribution < 1.29 is 59.5 Å². The van der Waals surface area contributed by atoms with E-state index in [1.807, 2.05) is 20.4 Å². The van der Waals surface area contributed by atoms with E-state index in [4.69, 9.17) is 54.7 Å². The minimum atomic E-state index is -2.90. The molecule has 366 valence electrons. The Morgan fingerprint density at radius 3 is 1.15 bits per heavy atom. The van der Waals surface area contributed by atoms with Crippen molar-refractivity contribution in [1.82, 2.24) is 0 Å². The van der Waals surface area contributed by atoms with Crippen LogP contribution < -0.4 is 0 Å². The zero-order chi connectivity index (χ0) is 45.7. The average Bonchev–Trinajstić information content (AvgIpc) is 3.14. The summed E-state index contributed by atoms with van der Waals surface area (Å²) < 4.78 is 70.4. The van der Waals surface area contributed by atoms with Crippen molar-refractivity contribution in [3.05, 3.63) is 0 Å². The van der Waals surface area contributed by atoms with Gasteiger partial charge < -0.3 is 54.7 Å². The molecule has 0 N–H and O–H groups in total. The molecule has 0 aromatic heterocycles. The second-order valence-corrected chi connectivity index (χ2v) is 34.3. The van der Waals surface area contributed by atoms with Crippen LogP contribution in [0.25, 0.3) is 0 Å². The molecule has 17 heteroatoms. The molecule has 13 nitrogen and oxygen atoms in total. The van der Waals surface area contributed by atoms with E-state index in [0.29, 0.717) is 99.1 Å². The fraction of sp³-hybridized carbons (Fsp3) is 0.977. The number of esters is 1. The standard InChI is InChI=1S/C44H96O13Si4/c1-13-14-15-16-17-18-19-20-21-22-23-24-25-26-42(2)44(45)54-43(3)41-52-38-37-50-34-33-48-30-29-46-27-28-47-31-32-49-35-36-51-39-40-53-61(12,56-59(7,8)9)57-60(10,11)55-58(4,5)6/h42-43H,13-41H2,1-12H3. The highest BCUT2D eigenvalue weighted by atomic mass is 28.5. The molecule has 0 saturated carbocycles. The van der Waals surface area contributed by atoms with Crippen LogP contribution in [0.3, 0.4) is 0 Å². The van der Waals surface area contributed by atoms with Gasteiger partial charge in [-0.3, -0.25) is 4.79 Å².